The van der Waals surface area contributed by atoms with E-state index in [9.17, 15) is 4.79 Å². The maximum absolute atomic E-state index is 11.3. The van der Waals surface area contributed by atoms with Crippen LogP contribution in [-0.4, -0.2) is 30.1 Å². The quantitative estimate of drug-likeness (QED) is 0.741. The smallest absolute Gasteiger partial charge is 0.223 e. The number of likely N-dealkylation sites (tertiary alicyclic amines) is 1. The third-order valence-electron chi connectivity index (χ3n) is 3.35. The molecule has 1 saturated carbocycles. The van der Waals surface area contributed by atoms with Crippen LogP contribution in [0, 0.1) is 0 Å². The van der Waals surface area contributed by atoms with E-state index in [0.717, 1.165) is 26.1 Å². The third-order valence-corrected chi connectivity index (χ3v) is 3.35. The van der Waals surface area contributed by atoms with Crippen LogP contribution in [0.5, 0.6) is 0 Å². The van der Waals surface area contributed by atoms with Crippen LogP contribution in [0.2, 0.25) is 0 Å². The summed E-state index contributed by atoms with van der Waals surface area (Å²) in [6.07, 6.45) is 8.49. The van der Waals surface area contributed by atoms with Gasteiger partial charge in [0.2, 0.25) is 5.91 Å². The molecule has 0 aromatic heterocycles. The number of hydrogen-bond acceptors (Lipinski definition) is 2. The minimum atomic E-state index is 0.327. The molecule has 3 nitrogen and oxygen atoms in total. The zero-order chi connectivity index (χ0) is 9.80. The zero-order valence-corrected chi connectivity index (χ0v) is 8.80. The monoisotopic (exact) mass is 196 g/mol. The highest BCUT2D eigenvalue weighted by atomic mass is 16.2. The molecule has 2 aliphatic rings. The summed E-state index contributed by atoms with van der Waals surface area (Å²) >= 11 is 0. The predicted molar refractivity (Wildman–Crippen MR) is 55.8 cm³/mol. The van der Waals surface area contributed by atoms with Gasteiger partial charge in [0.1, 0.15) is 0 Å². The normalized spacial score (nSPS) is 24.6. The van der Waals surface area contributed by atoms with Crippen LogP contribution >= 0.6 is 0 Å². The zero-order valence-electron chi connectivity index (χ0n) is 8.80. The van der Waals surface area contributed by atoms with E-state index in [1.165, 1.54) is 32.1 Å². The molecular weight excluding hydrogens is 176 g/mol. The van der Waals surface area contributed by atoms with Gasteiger partial charge < -0.3 is 4.90 Å². The second-order valence-electron chi connectivity index (χ2n) is 4.46. The van der Waals surface area contributed by atoms with Crippen LogP contribution < -0.4 is 5.32 Å². The van der Waals surface area contributed by atoms with Gasteiger partial charge in [-0.25, -0.2) is 0 Å². The van der Waals surface area contributed by atoms with E-state index in [1.807, 2.05) is 4.90 Å². The molecule has 1 saturated heterocycles. The van der Waals surface area contributed by atoms with E-state index in [4.69, 9.17) is 0 Å². The summed E-state index contributed by atoms with van der Waals surface area (Å²) in [4.78, 5) is 13.3. The summed E-state index contributed by atoms with van der Waals surface area (Å²) in [5.74, 6) is 0.327. The fourth-order valence-corrected chi connectivity index (χ4v) is 2.42. The third kappa shape index (κ3) is 2.47. The summed E-state index contributed by atoms with van der Waals surface area (Å²) in [5, 5.41) is 3.50. The molecule has 0 aromatic carbocycles. The van der Waals surface area contributed by atoms with E-state index >= 15 is 0 Å². The molecule has 0 aromatic rings. The molecule has 1 aliphatic carbocycles. The topological polar surface area (TPSA) is 32.3 Å². The van der Waals surface area contributed by atoms with Crippen molar-refractivity contribution in [3.63, 3.8) is 0 Å². The van der Waals surface area contributed by atoms with Crippen molar-refractivity contribution in [3.8, 4) is 0 Å². The Morgan fingerprint density at radius 3 is 2.64 bits per heavy atom. The van der Waals surface area contributed by atoms with Gasteiger partial charge in [-0.1, -0.05) is 19.3 Å². The van der Waals surface area contributed by atoms with Crippen molar-refractivity contribution in [2.24, 2.45) is 0 Å². The van der Waals surface area contributed by atoms with Gasteiger partial charge in [0.05, 0.1) is 6.67 Å². The number of amides is 1. The van der Waals surface area contributed by atoms with Crippen molar-refractivity contribution in [2.45, 2.75) is 51.0 Å². The Kier molecular flexibility index (Phi) is 3.40. The van der Waals surface area contributed by atoms with Gasteiger partial charge in [0.15, 0.2) is 0 Å². The SMILES string of the molecule is O=C1CCCN1CNC1CCCCC1. The van der Waals surface area contributed by atoms with Gasteiger partial charge in [-0.2, -0.15) is 0 Å². The molecule has 1 N–H and O–H groups in total. The van der Waals surface area contributed by atoms with E-state index in [1.54, 1.807) is 0 Å². The Balaban J connectivity index is 1.68. The first kappa shape index (κ1) is 9.97. The van der Waals surface area contributed by atoms with Crippen LogP contribution in [0.1, 0.15) is 44.9 Å². The molecule has 1 heterocycles. The number of carbonyl (C=O) groups is 1. The molecular formula is C11H20N2O. The Bertz CT molecular complexity index is 199. The van der Waals surface area contributed by atoms with Crippen LogP contribution in [-0.2, 0) is 4.79 Å². The van der Waals surface area contributed by atoms with E-state index in [-0.39, 0.29) is 0 Å². The van der Waals surface area contributed by atoms with E-state index in [2.05, 4.69) is 5.32 Å². The summed E-state index contributed by atoms with van der Waals surface area (Å²) < 4.78 is 0. The van der Waals surface area contributed by atoms with Crippen molar-refractivity contribution in [1.82, 2.24) is 10.2 Å². The van der Waals surface area contributed by atoms with Gasteiger partial charge in [0.25, 0.3) is 0 Å². The van der Waals surface area contributed by atoms with Gasteiger partial charge in [-0.3, -0.25) is 10.1 Å². The highest BCUT2D eigenvalue weighted by Gasteiger charge is 2.21. The lowest BCUT2D eigenvalue weighted by atomic mass is 9.96. The average molecular weight is 196 g/mol. The van der Waals surface area contributed by atoms with E-state index in [0.29, 0.717) is 11.9 Å². The van der Waals surface area contributed by atoms with Crippen LogP contribution in [0.4, 0.5) is 0 Å². The van der Waals surface area contributed by atoms with Crippen LogP contribution in [0.15, 0.2) is 0 Å². The van der Waals surface area contributed by atoms with E-state index < -0.39 is 0 Å². The second kappa shape index (κ2) is 4.78. The molecule has 1 amide bonds. The first-order valence-electron chi connectivity index (χ1n) is 5.87. The highest BCUT2D eigenvalue weighted by molar-refractivity contribution is 5.77. The van der Waals surface area contributed by atoms with Crippen LogP contribution in [0.3, 0.4) is 0 Å². The van der Waals surface area contributed by atoms with Crippen molar-refractivity contribution in [2.75, 3.05) is 13.2 Å². The van der Waals surface area contributed by atoms with Gasteiger partial charge >= 0.3 is 0 Å². The summed E-state index contributed by atoms with van der Waals surface area (Å²) in [5.41, 5.74) is 0. The minimum absolute atomic E-state index is 0.327. The van der Waals surface area contributed by atoms with Gasteiger partial charge in [-0.05, 0) is 19.3 Å². The van der Waals surface area contributed by atoms with Crippen molar-refractivity contribution >= 4 is 5.91 Å². The lowest BCUT2D eigenvalue weighted by molar-refractivity contribution is -0.128. The Hall–Kier alpha value is -0.570. The molecule has 0 atom stereocenters. The predicted octanol–water partition coefficient (Wildman–Crippen LogP) is 1.49. The first-order chi connectivity index (χ1) is 6.86. The number of rotatable bonds is 3. The Morgan fingerprint density at radius 1 is 1.21 bits per heavy atom. The summed E-state index contributed by atoms with van der Waals surface area (Å²) in [6, 6.07) is 0.664. The molecule has 1 aliphatic heterocycles. The maximum atomic E-state index is 11.3. The largest absolute Gasteiger partial charge is 0.330 e. The fourth-order valence-electron chi connectivity index (χ4n) is 2.42. The fraction of sp³-hybridized carbons (Fsp3) is 0.909. The lowest BCUT2D eigenvalue weighted by Crippen LogP contribution is -2.41. The molecule has 0 radical (unpaired) electrons. The number of hydrogen-bond donors (Lipinski definition) is 1. The van der Waals surface area contributed by atoms with Crippen molar-refractivity contribution in [3.05, 3.63) is 0 Å². The molecule has 80 valence electrons. The minimum Gasteiger partial charge on any atom is -0.330 e. The Morgan fingerprint density at radius 2 is 2.00 bits per heavy atom. The highest BCUT2D eigenvalue weighted by Crippen LogP contribution is 2.17. The summed E-state index contributed by atoms with van der Waals surface area (Å²) in [7, 11) is 0. The molecule has 0 spiro atoms. The van der Waals surface area contributed by atoms with Crippen molar-refractivity contribution < 1.29 is 4.79 Å². The lowest BCUT2D eigenvalue weighted by Gasteiger charge is -2.25. The Labute approximate surface area is 85.8 Å². The van der Waals surface area contributed by atoms with Crippen molar-refractivity contribution in [1.29, 1.82) is 0 Å². The molecule has 2 rings (SSSR count). The second-order valence-corrected chi connectivity index (χ2v) is 4.46. The average Bonchev–Trinajstić information content (AvgIpc) is 2.63. The molecule has 0 bridgehead atoms. The molecule has 0 unspecified atom stereocenters. The summed E-state index contributed by atoms with van der Waals surface area (Å²) in [6.45, 7) is 1.74. The van der Waals surface area contributed by atoms with Gasteiger partial charge in [0, 0.05) is 19.0 Å². The maximum Gasteiger partial charge on any atom is 0.223 e. The van der Waals surface area contributed by atoms with Crippen LogP contribution in [0.25, 0.3) is 0 Å². The number of carbonyl (C=O) groups excluding carboxylic acids is 1. The molecule has 14 heavy (non-hydrogen) atoms. The molecule has 2 fully saturated rings. The standard InChI is InChI=1S/C11H20N2O/c14-11-7-4-8-13(11)9-12-10-5-2-1-3-6-10/h10,12H,1-9H2. The first-order valence-corrected chi connectivity index (χ1v) is 5.87. The number of nitrogens with one attached hydrogen (secondary N) is 1. The molecule has 3 heteroatoms. The van der Waals surface area contributed by atoms with Gasteiger partial charge in [-0.15, -0.1) is 0 Å². The number of nitrogens with zero attached hydrogens (tertiary/aromatic N) is 1.